The van der Waals surface area contributed by atoms with Crippen LogP contribution >= 0.6 is 22.6 Å². The van der Waals surface area contributed by atoms with Crippen LogP contribution in [0.2, 0.25) is 0 Å². The summed E-state index contributed by atoms with van der Waals surface area (Å²) in [7, 11) is 0. The fourth-order valence-electron chi connectivity index (χ4n) is 1.43. The summed E-state index contributed by atoms with van der Waals surface area (Å²) >= 11 is 2.48. The third-order valence-electron chi connectivity index (χ3n) is 2.40. The molecule has 0 N–H and O–H groups in total. The zero-order valence-corrected chi connectivity index (χ0v) is 10.8. The molecule has 0 spiro atoms. The minimum absolute atomic E-state index is 0.962. The Labute approximate surface area is 91.7 Å². The molecule has 0 aromatic heterocycles. The van der Waals surface area contributed by atoms with E-state index in [4.69, 9.17) is 0 Å². The Morgan fingerprint density at radius 1 is 1.00 bits per heavy atom. The molecule has 0 radical (unpaired) electrons. The van der Waals surface area contributed by atoms with E-state index in [0.717, 1.165) is 5.92 Å². The fourth-order valence-corrected chi connectivity index (χ4v) is 2.49. The smallest absolute Gasteiger partial charge is 0.000219 e. The molecule has 0 aliphatic rings. The van der Waals surface area contributed by atoms with Gasteiger partial charge in [-0.25, -0.2) is 0 Å². The highest BCUT2D eigenvalue weighted by molar-refractivity contribution is 14.1. The minimum Gasteiger partial charge on any atom is -0.0864 e. The Morgan fingerprint density at radius 3 is 2.25 bits per heavy atom. The summed E-state index contributed by atoms with van der Waals surface area (Å²) in [5.41, 5.74) is 0. The maximum absolute atomic E-state index is 2.48. The molecule has 0 aliphatic carbocycles. The molecule has 12 heavy (non-hydrogen) atoms. The van der Waals surface area contributed by atoms with Crippen LogP contribution in [0.25, 0.3) is 0 Å². The first-order valence-corrected chi connectivity index (χ1v) is 6.89. The number of rotatable bonds is 8. The maximum Gasteiger partial charge on any atom is -0.000219 e. The van der Waals surface area contributed by atoms with Gasteiger partial charge in [-0.15, -0.1) is 0 Å². The minimum atomic E-state index is 0.962. The van der Waals surface area contributed by atoms with Crippen molar-refractivity contribution in [1.29, 1.82) is 0 Å². The standard InChI is InChI=1S/C11H23I/c1-3-4-5-6-7-8-11(2)9-10-12/h11H,3-10H2,1-2H3. The third-order valence-corrected chi connectivity index (χ3v) is 3.03. The summed E-state index contributed by atoms with van der Waals surface area (Å²) in [4.78, 5) is 0. The molecule has 0 nitrogen and oxygen atoms in total. The summed E-state index contributed by atoms with van der Waals surface area (Å²) in [5.74, 6) is 0.962. The van der Waals surface area contributed by atoms with Crippen molar-refractivity contribution in [2.24, 2.45) is 5.92 Å². The van der Waals surface area contributed by atoms with Gasteiger partial charge in [-0.2, -0.15) is 0 Å². The van der Waals surface area contributed by atoms with Crippen molar-refractivity contribution in [3.63, 3.8) is 0 Å². The van der Waals surface area contributed by atoms with Crippen LogP contribution in [0, 0.1) is 5.92 Å². The first-order valence-electron chi connectivity index (χ1n) is 5.37. The second-order valence-corrected chi connectivity index (χ2v) is 4.86. The SMILES string of the molecule is CCCCCCCC(C)CCI. The van der Waals surface area contributed by atoms with Crippen LogP contribution in [0.5, 0.6) is 0 Å². The fraction of sp³-hybridized carbons (Fsp3) is 1.00. The molecule has 0 fully saturated rings. The van der Waals surface area contributed by atoms with E-state index >= 15 is 0 Å². The van der Waals surface area contributed by atoms with Crippen LogP contribution in [0.15, 0.2) is 0 Å². The van der Waals surface area contributed by atoms with E-state index in [1.165, 1.54) is 49.4 Å². The lowest BCUT2D eigenvalue weighted by molar-refractivity contribution is 0.479. The van der Waals surface area contributed by atoms with Crippen LogP contribution in [-0.2, 0) is 0 Å². The quantitative estimate of drug-likeness (QED) is 0.340. The normalized spacial score (nSPS) is 13.2. The average molecular weight is 282 g/mol. The highest BCUT2D eigenvalue weighted by Gasteiger charge is 1.99. The van der Waals surface area contributed by atoms with Crippen LogP contribution in [0.1, 0.15) is 58.8 Å². The molecule has 0 saturated heterocycles. The van der Waals surface area contributed by atoms with E-state index in [9.17, 15) is 0 Å². The van der Waals surface area contributed by atoms with Crippen molar-refractivity contribution in [2.75, 3.05) is 4.43 Å². The zero-order valence-electron chi connectivity index (χ0n) is 8.61. The lowest BCUT2D eigenvalue weighted by Crippen LogP contribution is -1.94. The number of hydrogen-bond acceptors (Lipinski definition) is 0. The molecule has 0 heterocycles. The Morgan fingerprint density at radius 2 is 1.67 bits per heavy atom. The van der Waals surface area contributed by atoms with Gasteiger partial charge in [0.25, 0.3) is 0 Å². The molecule has 0 aromatic carbocycles. The third kappa shape index (κ3) is 8.82. The summed E-state index contributed by atoms with van der Waals surface area (Å²) < 4.78 is 1.33. The molecule has 1 atom stereocenters. The molecule has 0 rings (SSSR count). The Kier molecular flexibility index (Phi) is 10.4. The van der Waals surface area contributed by atoms with Crippen molar-refractivity contribution in [1.82, 2.24) is 0 Å². The topological polar surface area (TPSA) is 0 Å². The summed E-state index contributed by atoms with van der Waals surface area (Å²) in [5, 5.41) is 0. The van der Waals surface area contributed by atoms with Crippen molar-refractivity contribution in [3.05, 3.63) is 0 Å². The Bertz CT molecular complexity index is 81.1. The Balaban J connectivity index is 2.97. The highest BCUT2D eigenvalue weighted by Crippen LogP contribution is 2.14. The van der Waals surface area contributed by atoms with Gasteiger partial charge in [0.15, 0.2) is 0 Å². The van der Waals surface area contributed by atoms with Gasteiger partial charge in [-0.1, -0.05) is 75.0 Å². The largest absolute Gasteiger partial charge is 0.0864 e. The van der Waals surface area contributed by atoms with Crippen molar-refractivity contribution < 1.29 is 0 Å². The van der Waals surface area contributed by atoms with Crippen molar-refractivity contribution >= 4 is 22.6 Å². The monoisotopic (exact) mass is 282 g/mol. The molecule has 74 valence electrons. The van der Waals surface area contributed by atoms with Crippen molar-refractivity contribution in [3.8, 4) is 0 Å². The van der Waals surface area contributed by atoms with Crippen LogP contribution < -0.4 is 0 Å². The highest BCUT2D eigenvalue weighted by atomic mass is 127. The van der Waals surface area contributed by atoms with Gasteiger partial charge in [0, 0.05) is 0 Å². The lowest BCUT2D eigenvalue weighted by atomic mass is 10.0. The second kappa shape index (κ2) is 9.82. The van der Waals surface area contributed by atoms with Gasteiger partial charge in [0.05, 0.1) is 0 Å². The van der Waals surface area contributed by atoms with Gasteiger partial charge >= 0.3 is 0 Å². The summed E-state index contributed by atoms with van der Waals surface area (Å²) in [6.45, 7) is 4.66. The molecule has 0 bridgehead atoms. The summed E-state index contributed by atoms with van der Waals surface area (Å²) in [6.07, 6.45) is 10.0. The van der Waals surface area contributed by atoms with E-state index in [2.05, 4.69) is 36.4 Å². The first-order chi connectivity index (χ1) is 5.81. The molecular weight excluding hydrogens is 259 g/mol. The maximum atomic E-state index is 2.48. The van der Waals surface area contributed by atoms with Gasteiger partial charge in [0.2, 0.25) is 0 Å². The van der Waals surface area contributed by atoms with E-state index in [-0.39, 0.29) is 0 Å². The van der Waals surface area contributed by atoms with E-state index in [0.29, 0.717) is 0 Å². The molecule has 0 aromatic rings. The number of unbranched alkanes of at least 4 members (excludes halogenated alkanes) is 4. The molecule has 0 aliphatic heterocycles. The van der Waals surface area contributed by atoms with E-state index < -0.39 is 0 Å². The van der Waals surface area contributed by atoms with Gasteiger partial charge in [-0.3, -0.25) is 0 Å². The van der Waals surface area contributed by atoms with Crippen molar-refractivity contribution in [2.45, 2.75) is 58.8 Å². The second-order valence-electron chi connectivity index (χ2n) is 3.79. The summed E-state index contributed by atoms with van der Waals surface area (Å²) in [6, 6.07) is 0. The van der Waals surface area contributed by atoms with Crippen LogP contribution in [-0.4, -0.2) is 4.43 Å². The van der Waals surface area contributed by atoms with Crippen LogP contribution in [0.3, 0.4) is 0 Å². The van der Waals surface area contributed by atoms with Crippen LogP contribution in [0.4, 0.5) is 0 Å². The number of hydrogen-bond donors (Lipinski definition) is 0. The molecule has 0 saturated carbocycles. The molecule has 1 unspecified atom stereocenters. The Hall–Kier alpha value is 0.730. The lowest BCUT2D eigenvalue weighted by Gasteiger charge is -2.08. The first kappa shape index (κ1) is 12.7. The van der Waals surface area contributed by atoms with Gasteiger partial charge in [-0.05, 0) is 16.8 Å². The molecule has 1 heteroatoms. The average Bonchev–Trinajstić information content (AvgIpc) is 2.05. The van der Waals surface area contributed by atoms with Gasteiger partial charge in [0.1, 0.15) is 0 Å². The van der Waals surface area contributed by atoms with E-state index in [1.54, 1.807) is 0 Å². The number of alkyl halides is 1. The predicted molar refractivity (Wildman–Crippen MR) is 66.0 cm³/mol. The predicted octanol–water partition coefficient (Wildman–Crippen LogP) is 4.81. The molecular formula is C11H23I. The number of halogens is 1. The van der Waals surface area contributed by atoms with Gasteiger partial charge < -0.3 is 0 Å². The molecule has 0 amide bonds. The zero-order chi connectivity index (χ0) is 9.23. The van der Waals surface area contributed by atoms with E-state index in [1.807, 2.05) is 0 Å².